The van der Waals surface area contributed by atoms with Gasteiger partial charge >= 0.3 is 0 Å². The van der Waals surface area contributed by atoms with Gasteiger partial charge in [-0.1, -0.05) is 0 Å². The topological polar surface area (TPSA) is 69.6 Å². The minimum atomic E-state index is -1.30. The van der Waals surface area contributed by atoms with E-state index in [2.05, 4.69) is 37.2 Å². The lowest BCUT2D eigenvalue weighted by molar-refractivity contribution is 0.00320. The highest BCUT2D eigenvalue weighted by Crippen LogP contribution is 2.31. The Bertz CT molecular complexity index is 392. The first-order valence-electron chi connectivity index (χ1n) is 4.42. The number of aliphatic hydroxyl groups is 2. The van der Waals surface area contributed by atoms with E-state index in [1.165, 1.54) is 18.3 Å². The molecule has 90 valence electrons. The van der Waals surface area contributed by atoms with Crippen LogP contribution in [0.15, 0.2) is 13.6 Å². The van der Waals surface area contributed by atoms with Crippen LogP contribution in [0.1, 0.15) is 17.3 Å². The smallest absolute Gasteiger partial charge is 0.253 e. The summed E-state index contributed by atoms with van der Waals surface area (Å²) in [6.07, 6.45) is 0. The second kappa shape index (κ2) is 5.59. The molecule has 0 fully saturated rings. The number of nitrogens with one attached hydrogen (secondary N) is 1. The molecule has 0 aliphatic rings. The first-order chi connectivity index (χ1) is 7.35. The molecule has 0 saturated carbocycles. The molecule has 0 aliphatic carbocycles. The maximum Gasteiger partial charge on any atom is 0.253 e. The summed E-state index contributed by atoms with van der Waals surface area (Å²) in [7, 11) is 0. The number of thiophene rings is 1. The summed E-state index contributed by atoms with van der Waals surface area (Å²) in [5, 5.41) is 20.9. The molecule has 0 aromatic carbocycles. The molecule has 1 rings (SSSR count). The number of carbonyl (C=O) groups is 1. The van der Waals surface area contributed by atoms with Crippen molar-refractivity contribution >= 4 is 49.1 Å². The van der Waals surface area contributed by atoms with E-state index in [0.717, 1.165) is 7.57 Å². The molecule has 0 bridgehead atoms. The van der Waals surface area contributed by atoms with Crippen LogP contribution in [-0.2, 0) is 0 Å². The Morgan fingerprint density at radius 3 is 2.69 bits per heavy atom. The number of hydrogen-bond acceptors (Lipinski definition) is 4. The quantitative estimate of drug-likeness (QED) is 0.754. The predicted octanol–water partition coefficient (Wildman–Crippen LogP) is 1.75. The molecule has 1 amide bonds. The number of amides is 1. The van der Waals surface area contributed by atoms with E-state index < -0.39 is 12.2 Å². The molecule has 0 spiro atoms. The van der Waals surface area contributed by atoms with Crippen molar-refractivity contribution in [3.05, 3.63) is 19.2 Å². The zero-order valence-electron chi connectivity index (χ0n) is 8.46. The lowest BCUT2D eigenvalue weighted by Crippen LogP contribution is -2.43. The average molecular weight is 373 g/mol. The van der Waals surface area contributed by atoms with Gasteiger partial charge in [-0.25, -0.2) is 0 Å². The van der Waals surface area contributed by atoms with E-state index in [9.17, 15) is 9.90 Å². The van der Waals surface area contributed by atoms with Crippen LogP contribution in [0.2, 0.25) is 0 Å². The summed E-state index contributed by atoms with van der Waals surface area (Å²) in [4.78, 5) is 11.7. The van der Waals surface area contributed by atoms with Gasteiger partial charge in [-0.05, 0) is 44.8 Å². The Morgan fingerprint density at radius 2 is 2.25 bits per heavy atom. The van der Waals surface area contributed by atoms with Crippen LogP contribution >= 0.6 is 43.2 Å². The fourth-order valence-corrected chi connectivity index (χ4v) is 3.71. The molecule has 0 aliphatic heterocycles. The van der Waals surface area contributed by atoms with Crippen LogP contribution in [0.5, 0.6) is 0 Å². The van der Waals surface area contributed by atoms with Gasteiger partial charge in [0.15, 0.2) is 0 Å². The third-order valence-corrected chi connectivity index (χ3v) is 4.21. The van der Waals surface area contributed by atoms with Crippen molar-refractivity contribution in [1.29, 1.82) is 0 Å². The molecule has 16 heavy (non-hydrogen) atoms. The van der Waals surface area contributed by atoms with Crippen LogP contribution in [0.4, 0.5) is 0 Å². The highest BCUT2D eigenvalue weighted by molar-refractivity contribution is 9.12. The van der Waals surface area contributed by atoms with Crippen LogP contribution in [0.3, 0.4) is 0 Å². The predicted molar refractivity (Wildman–Crippen MR) is 69.8 cm³/mol. The Balaban J connectivity index is 2.63. The Hall–Kier alpha value is 0.0500. The molecule has 7 heteroatoms. The van der Waals surface area contributed by atoms with Gasteiger partial charge in [-0.2, -0.15) is 0 Å². The van der Waals surface area contributed by atoms with E-state index in [1.54, 1.807) is 6.07 Å². The summed E-state index contributed by atoms with van der Waals surface area (Å²) in [5.41, 5.74) is -0.791. The molecule has 3 N–H and O–H groups in total. The van der Waals surface area contributed by atoms with Gasteiger partial charge in [-0.15, -0.1) is 11.3 Å². The summed E-state index contributed by atoms with van der Waals surface area (Å²) in [6.45, 7) is 1.05. The molecule has 1 aromatic rings. The second-order valence-corrected chi connectivity index (χ2v) is 7.32. The number of hydrogen-bond donors (Lipinski definition) is 3. The summed E-state index contributed by atoms with van der Waals surface area (Å²) in [6, 6.07) is 1.69. The molecule has 0 radical (unpaired) electrons. The molecule has 1 atom stereocenters. The Kier molecular flexibility index (Phi) is 4.93. The summed E-state index contributed by atoms with van der Waals surface area (Å²) < 4.78 is 1.57. The molecule has 1 heterocycles. The normalized spacial score (nSPS) is 14.6. The number of rotatable bonds is 4. The zero-order valence-corrected chi connectivity index (χ0v) is 12.4. The highest BCUT2D eigenvalue weighted by atomic mass is 79.9. The fourth-order valence-electron chi connectivity index (χ4n) is 0.917. The van der Waals surface area contributed by atoms with Gasteiger partial charge in [0.05, 0.1) is 19.7 Å². The van der Waals surface area contributed by atoms with Gasteiger partial charge in [0.25, 0.3) is 5.91 Å². The Morgan fingerprint density at radius 1 is 1.62 bits per heavy atom. The minimum absolute atomic E-state index is 0.00222. The maximum absolute atomic E-state index is 11.7. The molecule has 0 saturated heterocycles. The SMILES string of the molecule is CC(O)(CO)CNC(=O)c1cc(Br)sc1Br. The van der Waals surface area contributed by atoms with Crippen molar-refractivity contribution in [3.63, 3.8) is 0 Å². The van der Waals surface area contributed by atoms with Gasteiger partial charge < -0.3 is 15.5 Å². The van der Waals surface area contributed by atoms with Crippen molar-refractivity contribution in [2.75, 3.05) is 13.2 Å². The third kappa shape index (κ3) is 3.81. The van der Waals surface area contributed by atoms with E-state index >= 15 is 0 Å². The molecule has 1 aromatic heterocycles. The van der Waals surface area contributed by atoms with Crippen molar-refractivity contribution in [1.82, 2.24) is 5.32 Å². The minimum Gasteiger partial charge on any atom is -0.393 e. The van der Waals surface area contributed by atoms with E-state index in [-0.39, 0.29) is 12.5 Å². The third-order valence-electron chi connectivity index (χ3n) is 1.87. The highest BCUT2D eigenvalue weighted by Gasteiger charge is 2.21. The van der Waals surface area contributed by atoms with Crippen molar-refractivity contribution in [2.45, 2.75) is 12.5 Å². The maximum atomic E-state index is 11.7. The monoisotopic (exact) mass is 371 g/mol. The van der Waals surface area contributed by atoms with Crippen molar-refractivity contribution < 1.29 is 15.0 Å². The second-order valence-electron chi connectivity index (χ2n) is 3.58. The van der Waals surface area contributed by atoms with Crippen molar-refractivity contribution in [3.8, 4) is 0 Å². The van der Waals surface area contributed by atoms with E-state index in [4.69, 9.17) is 5.11 Å². The number of carbonyl (C=O) groups excluding carboxylic acids is 1. The van der Waals surface area contributed by atoms with E-state index in [1.807, 2.05) is 0 Å². The summed E-state index contributed by atoms with van der Waals surface area (Å²) >= 11 is 7.94. The van der Waals surface area contributed by atoms with Crippen LogP contribution in [0.25, 0.3) is 0 Å². The molecule has 1 unspecified atom stereocenters. The fraction of sp³-hybridized carbons (Fsp3) is 0.444. The molecular weight excluding hydrogens is 362 g/mol. The zero-order chi connectivity index (χ0) is 12.3. The lowest BCUT2D eigenvalue weighted by Gasteiger charge is -2.20. The first-order valence-corrected chi connectivity index (χ1v) is 6.82. The van der Waals surface area contributed by atoms with Crippen molar-refractivity contribution in [2.24, 2.45) is 0 Å². The molecule has 4 nitrogen and oxygen atoms in total. The summed E-state index contributed by atoms with van der Waals surface area (Å²) in [5.74, 6) is -0.289. The first kappa shape index (κ1) is 14.1. The van der Waals surface area contributed by atoms with Gasteiger partial charge in [0, 0.05) is 6.54 Å². The Labute approximate surface area is 114 Å². The van der Waals surface area contributed by atoms with E-state index in [0.29, 0.717) is 5.56 Å². The number of halogens is 2. The molecular formula is C9H11Br2NO3S. The average Bonchev–Trinajstić information content (AvgIpc) is 2.54. The van der Waals surface area contributed by atoms with Gasteiger partial charge in [0.2, 0.25) is 0 Å². The standard InChI is InChI=1S/C9H11Br2NO3S/c1-9(15,4-13)3-12-8(14)5-2-6(10)16-7(5)11/h2,13,15H,3-4H2,1H3,(H,12,14). The van der Waals surface area contributed by atoms with Crippen LogP contribution in [0, 0.1) is 0 Å². The van der Waals surface area contributed by atoms with Crippen LogP contribution < -0.4 is 5.32 Å². The number of aliphatic hydroxyl groups excluding tert-OH is 1. The largest absolute Gasteiger partial charge is 0.393 e. The van der Waals surface area contributed by atoms with Gasteiger partial charge in [-0.3, -0.25) is 4.79 Å². The lowest BCUT2D eigenvalue weighted by atomic mass is 10.1. The van der Waals surface area contributed by atoms with Gasteiger partial charge in [0.1, 0.15) is 5.60 Å². The van der Waals surface area contributed by atoms with Crippen LogP contribution in [-0.4, -0.2) is 34.9 Å².